The Kier molecular flexibility index (Phi) is 7.93. The van der Waals surface area contributed by atoms with Gasteiger partial charge in [-0.25, -0.2) is 9.17 Å². The summed E-state index contributed by atoms with van der Waals surface area (Å²) in [5.41, 5.74) is 1.64. The molecule has 9 nitrogen and oxygen atoms in total. The summed E-state index contributed by atoms with van der Waals surface area (Å²) in [5.74, 6) is -2.31. The monoisotopic (exact) mass is 458 g/mol. The van der Waals surface area contributed by atoms with Gasteiger partial charge in [-0.1, -0.05) is 44.2 Å². The molecule has 0 saturated carbocycles. The number of fused-ring (bicyclic) bond motifs is 1. The number of aromatic nitrogens is 1. The van der Waals surface area contributed by atoms with E-state index >= 15 is 0 Å². The molecule has 3 N–H and O–H groups in total. The number of ketones is 1. The molecule has 0 bridgehead atoms. The van der Waals surface area contributed by atoms with Crippen LogP contribution in [-0.4, -0.2) is 46.7 Å². The fourth-order valence-corrected chi connectivity index (χ4v) is 4.06. The lowest BCUT2D eigenvalue weighted by Crippen LogP contribution is -2.56. The van der Waals surface area contributed by atoms with Crippen LogP contribution in [0.2, 0.25) is 0 Å². The minimum Gasteiger partial charge on any atom is -0.445 e. The van der Waals surface area contributed by atoms with Gasteiger partial charge in [0.1, 0.15) is 18.7 Å². The van der Waals surface area contributed by atoms with Crippen LogP contribution in [0.1, 0.15) is 29.9 Å². The first-order valence-electron chi connectivity index (χ1n) is 10.4. The van der Waals surface area contributed by atoms with Gasteiger partial charge in [-0.15, -0.1) is 0 Å². The number of amides is 3. The maximum absolute atomic E-state index is 13.0. The molecular weight excluding hydrogens is 432 g/mol. The molecule has 1 aliphatic heterocycles. The lowest BCUT2D eigenvalue weighted by molar-refractivity contribution is -0.140. The molecule has 3 amide bonds. The van der Waals surface area contributed by atoms with Gasteiger partial charge in [0.25, 0.3) is 5.91 Å². The average Bonchev–Trinajstić information content (AvgIpc) is 3.22. The molecule has 2 heterocycles. The third-order valence-electron chi connectivity index (χ3n) is 5.08. The van der Waals surface area contributed by atoms with Crippen LogP contribution in [-0.2, 0) is 38.6 Å². The predicted octanol–water partition coefficient (Wildman–Crippen LogP) is 1.36. The first-order chi connectivity index (χ1) is 15.3. The smallest absolute Gasteiger partial charge is 0.408 e. The Morgan fingerprint density at radius 2 is 2.00 bits per heavy atom. The number of hydrogen-bond donors (Lipinski definition) is 3. The number of nitrogens with zero attached hydrogens (tertiary/aromatic N) is 1. The molecule has 0 aliphatic carbocycles. The van der Waals surface area contributed by atoms with Crippen LogP contribution in [0.3, 0.4) is 0 Å². The van der Waals surface area contributed by atoms with Crippen LogP contribution in [0.15, 0.2) is 36.5 Å². The molecule has 3 rings (SSSR count). The number of nitrogens with one attached hydrogen (secondary N) is 3. The van der Waals surface area contributed by atoms with Crippen molar-refractivity contribution in [1.29, 1.82) is 0 Å². The molecule has 170 valence electrons. The van der Waals surface area contributed by atoms with Crippen LogP contribution in [0.4, 0.5) is 4.79 Å². The number of carbonyl (C=O) groups excluding carboxylic acids is 4. The second kappa shape index (κ2) is 10.9. The summed E-state index contributed by atoms with van der Waals surface area (Å²) >= 11 is 1.30. The molecular formula is C22H26N4O5S. The number of Topliss-reactive ketones (excluding diaryl/α,β-unsaturated/α-hetero) is 1. The zero-order chi connectivity index (χ0) is 23.1. The van der Waals surface area contributed by atoms with Gasteiger partial charge < -0.3 is 20.7 Å². The van der Waals surface area contributed by atoms with E-state index in [2.05, 4.69) is 20.3 Å². The zero-order valence-electron chi connectivity index (χ0n) is 17.9. The Labute approximate surface area is 190 Å². The van der Waals surface area contributed by atoms with Crippen molar-refractivity contribution in [1.82, 2.24) is 20.3 Å². The molecule has 1 aromatic carbocycles. The molecule has 32 heavy (non-hydrogen) atoms. The van der Waals surface area contributed by atoms with E-state index in [1.807, 2.05) is 30.3 Å². The maximum atomic E-state index is 13.0. The molecule has 0 radical (unpaired) electrons. The highest BCUT2D eigenvalue weighted by Gasteiger charge is 2.33. The Morgan fingerprint density at radius 3 is 2.72 bits per heavy atom. The van der Waals surface area contributed by atoms with Gasteiger partial charge in [-0.05, 0) is 28.6 Å². The molecule has 1 aliphatic rings. The number of carbonyl (C=O) groups is 4. The Bertz CT molecular complexity index is 976. The van der Waals surface area contributed by atoms with E-state index in [4.69, 9.17) is 4.74 Å². The van der Waals surface area contributed by atoms with E-state index in [9.17, 15) is 19.2 Å². The molecule has 2 aromatic rings. The molecule has 0 spiro atoms. The summed E-state index contributed by atoms with van der Waals surface area (Å²) in [5, 5.41) is 7.78. The van der Waals surface area contributed by atoms with Gasteiger partial charge in [0, 0.05) is 30.5 Å². The Hall–Kier alpha value is -3.27. The highest BCUT2D eigenvalue weighted by molar-refractivity contribution is 7.05. The summed E-state index contributed by atoms with van der Waals surface area (Å²) < 4.78 is 9.36. The normalized spacial score (nSPS) is 17.3. The lowest BCUT2D eigenvalue weighted by Gasteiger charge is -2.24. The third kappa shape index (κ3) is 6.13. The van der Waals surface area contributed by atoms with E-state index in [-0.39, 0.29) is 18.9 Å². The maximum Gasteiger partial charge on any atom is 0.408 e. The molecule has 0 saturated heterocycles. The summed E-state index contributed by atoms with van der Waals surface area (Å²) in [7, 11) is 0. The van der Waals surface area contributed by atoms with Crippen LogP contribution in [0, 0.1) is 5.92 Å². The van der Waals surface area contributed by atoms with Crippen molar-refractivity contribution in [2.24, 2.45) is 5.92 Å². The highest BCUT2D eigenvalue weighted by Crippen LogP contribution is 2.18. The van der Waals surface area contributed by atoms with E-state index in [0.717, 1.165) is 16.0 Å². The van der Waals surface area contributed by atoms with Crippen LogP contribution in [0.25, 0.3) is 0 Å². The van der Waals surface area contributed by atoms with Crippen LogP contribution in [0.5, 0.6) is 0 Å². The van der Waals surface area contributed by atoms with E-state index in [1.165, 1.54) is 11.5 Å². The minimum absolute atomic E-state index is 0.0638. The average molecular weight is 459 g/mol. The quantitative estimate of drug-likeness (QED) is 0.561. The van der Waals surface area contributed by atoms with Gasteiger partial charge in [-0.2, -0.15) is 0 Å². The van der Waals surface area contributed by atoms with E-state index in [1.54, 1.807) is 20.0 Å². The van der Waals surface area contributed by atoms with E-state index < -0.39 is 35.8 Å². The Morgan fingerprint density at radius 1 is 1.25 bits per heavy atom. The second-order valence-corrected chi connectivity index (χ2v) is 8.72. The third-order valence-corrected chi connectivity index (χ3v) is 5.98. The zero-order valence-corrected chi connectivity index (χ0v) is 18.7. The predicted molar refractivity (Wildman–Crippen MR) is 118 cm³/mol. The van der Waals surface area contributed by atoms with Crippen molar-refractivity contribution < 1.29 is 23.9 Å². The molecule has 2 unspecified atom stereocenters. The fourth-order valence-electron chi connectivity index (χ4n) is 3.31. The molecule has 1 aromatic heterocycles. The van der Waals surface area contributed by atoms with Crippen LogP contribution >= 0.6 is 11.5 Å². The van der Waals surface area contributed by atoms with Gasteiger partial charge in [-0.3, -0.25) is 14.4 Å². The lowest BCUT2D eigenvalue weighted by atomic mass is 10.00. The first-order valence-corrected chi connectivity index (χ1v) is 11.1. The summed E-state index contributed by atoms with van der Waals surface area (Å²) in [6, 6.07) is 7.17. The molecule has 2 atom stereocenters. The highest BCUT2D eigenvalue weighted by atomic mass is 32.1. The molecule has 10 heteroatoms. The van der Waals surface area contributed by atoms with Crippen molar-refractivity contribution >= 4 is 35.2 Å². The van der Waals surface area contributed by atoms with Crippen molar-refractivity contribution in [3.8, 4) is 0 Å². The minimum atomic E-state index is -1.06. The summed E-state index contributed by atoms with van der Waals surface area (Å²) in [6.45, 7) is 3.92. The van der Waals surface area contributed by atoms with Gasteiger partial charge in [0.15, 0.2) is 0 Å². The Balaban J connectivity index is 1.66. The van der Waals surface area contributed by atoms with Gasteiger partial charge >= 0.3 is 6.09 Å². The SMILES string of the molecule is CC(C)C(NC(=O)OCc1ccccc1)C(=O)NC1Cc2cnsc2CCNC(=O)C1=O. The number of hydrogen-bond acceptors (Lipinski definition) is 7. The van der Waals surface area contributed by atoms with Crippen molar-refractivity contribution in [2.45, 2.75) is 45.4 Å². The second-order valence-electron chi connectivity index (χ2n) is 7.84. The standard InChI is InChI=1S/C22H26N4O5S/c1-13(2)18(26-22(30)31-12-14-6-4-3-5-7-14)20(28)25-16-10-15-11-24-32-17(15)8-9-23-21(29)19(16)27/h3-7,11,13,16,18H,8-10,12H2,1-2H3,(H,23,29)(H,25,28)(H,26,30). The van der Waals surface area contributed by atoms with Crippen molar-refractivity contribution in [3.05, 3.63) is 52.5 Å². The largest absolute Gasteiger partial charge is 0.445 e. The molecule has 0 fully saturated rings. The van der Waals surface area contributed by atoms with Crippen molar-refractivity contribution in [3.63, 3.8) is 0 Å². The fraction of sp³-hybridized carbons (Fsp3) is 0.409. The van der Waals surface area contributed by atoms with Crippen molar-refractivity contribution in [2.75, 3.05) is 6.54 Å². The summed E-state index contributed by atoms with van der Waals surface area (Å²) in [4.78, 5) is 51.0. The number of alkyl carbamates (subject to hydrolysis) is 1. The topological polar surface area (TPSA) is 126 Å². The number of rotatable bonds is 6. The van der Waals surface area contributed by atoms with Gasteiger partial charge in [0.2, 0.25) is 11.7 Å². The van der Waals surface area contributed by atoms with Gasteiger partial charge in [0.05, 0.1) is 0 Å². The summed E-state index contributed by atoms with van der Waals surface area (Å²) in [6.07, 6.45) is 1.64. The number of ether oxygens (including phenoxy) is 1. The van der Waals surface area contributed by atoms with E-state index in [0.29, 0.717) is 13.0 Å². The number of benzene rings is 1. The first kappa shape index (κ1) is 23.4. The van der Waals surface area contributed by atoms with Crippen LogP contribution < -0.4 is 16.0 Å².